The molecule has 0 aliphatic rings. The summed E-state index contributed by atoms with van der Waals surface area (Å²) < 4.78 is 0.582. The van der Waals surface area contributed by atoms with Gasteiger partial charge in [0.05, 0.1) is 0 Å². The number of aromatic nitrogens is 2. The number of amides is 1. The number of nitrogens with one attached hydrogen (secondary N) is 3. The molecule has 0 radical (unpaired) electrons. The molecule has 1 aromatic heterocycles. The SMILES string of the molecule is CC(C)(C)Nc1[nH]c(=O)n(OCc2ccccc2)c(=O)c1C(=O)NCc1ccccc1. The summed E-state index contributed by atoms with van der Waals surface area (Å²) in [4.78, 5) is 46.6. The summed E-state index contributed by atoms with van der Waals surface area (Å²) in [5, 5.41) is 5.76. The molecule has 0 saturated carbocycles. The highest BCUT2D eigenvalue weighted by Crippen LogP contribution is 2.13. The highest BCUT2D eigenvalue weighted by molar-refractivity contribution is 5.98. The fraction of sp³-hybridized carbons (Fsp3) is 0.261. The standard InChI is InChI=1S/C23H26N4O4/c1-23(2,3)26-19-18(20(28)24-14-16-10-6-4-7-11-16)21(29)27(22(30)25-19)31-15-17-12-8-5-9-13-17/h4-13,26H,14-15H2,1-3H3,(H,24,28)(H,25,30). The van der Waals surface area contributed by atoms with Crippen LogP contribution >= 0.6 is 0 Å². The minimum atomic E-state index is -0.836. The molecule has 1 amide bonds. The number of H-pyrrole nitrogens is 1. The Hall–Kier alpha value is -3.81. The van der Waals surface area contributed by atoms with Crippen molar-refractivity contribution in [1.82, 2.24) is 15.0 Å². The lowest BCUT2D eigenvalue weighted by molar-refractivity contribution is 0.0763. The zero-order chi connectivity index (χ0) is 22.4. The Morgan fingerprint density at radius 2 is 1.55 bits per heavy atom. The molecular formula is C23H26N4O4. The van der Waals surface area contributed by atoms with Crippen LogP contribution in [-0.2, 0) is 13.2 Å². The number of carbonyl (C=O) groups is 1. The first-order valence-corrected chi connectivity index (χ1v) is 9.91. The van der Waals surface area contributed by atoms with Gasteiger partial charge in [0.1, 0.15) is 18.0 Å². The minimum Gasteiger partial charge on any atom is -0.401 e. The van der Waals surface area contributed by atoms with Crippen molar-refractivity contribution in [2.75, 3.05) is 5.32 Å². The summed E-state index contributed by atoms with van der Waals surface area (Å²) in [5.41, 5.74) is -0.671. The van der Waals surface area contributed by atoms with Gasteiger partial charge in [-0.1, -0.05) is 65.4 Å². The normalized spacial score (nSPS) is 11.1. The first-order valence-electron chi connectivity index (χ1n) is 9.91. The van der Waals surface area contributed by atoms with Crippen LogP contribution < -0.4 is 26.7 Å². The maximum Gasteiger partial charge on any atom is 0.363 e. The predicted molar refractivity (Wildman–Crippen MR) is 119 cm³/mol. The van der Waals surface area contributed by atoms with E-state index in [-0.39, 0.29) is 24.5 Å². The predicted octanol–water partition coefficient (Wildman–Crippen LogP) is 2.31. The first-order chi connectivity index (χ1) is 14.7. The van der Waals surface area contributed by atoms with E-state index in [4.69, 9.17) is 4.84 Å². The number of rotatable bonds is 7. The molecule has 0 atom stereocenters. The van der Waals surface area contributed by atoms with Crippen molar-refractivity contribution in [3.63, 3.8) is 0 Å². The lowest BCUT2D eigenvalue weighted by atomic mass is 10.1. The average Bonchev–Trinajstić information content (AvgIpc) is 2.72. The van der Waals surface area contributed by atoms with Crippen molar-refractivity contribution < 1.29 is 9.63 Å². The van der Waals surface area contributed by atoms with Crippen LogP contribution in [-0.4, -0.2) is 21.2 Å². The molecule has 3 rings (SSSR count). The first kappa shape index (κ1) is 21.9. The lowest BCUT2D eigenvalue weighted by Crippen LogP contribution is -2.46. The Bertz CT molecular complexity index is 1150. The van der Waals surface area contributed by atoms with Gasteiger partial charge in [0, 0.05) is 12.1 Å². The molecule has 31 heavy (non-hydrogen) atoms. The number of benzene rings is 2. The summed E-state index contributed by atoms with van der Waals surface area (Å²) in [6.45, 7) is 5.80. The Balaban J connectivity index is 1.93. The van der Waals surface area contributed by atoms with E-state index in [2.05, 4.69) is 15.6 Å². The monoisotopic (exact) mass is 422 g/mol. The topological polar surface area (TPSA) is 105 Å². The molecule has 0 bridgehead atoms. The molecule has 8 nitrogen and oxygen atoms in total. The molecule has 162 valence electrons. The van der Waals surface area contributed by atoms with Crippen LogP contribution in [0.4, 0.5) is 5.82 Å². The molecule has 0 spiro atoms. The largest absolute Gasteiger partial charge is 0.401 e. The van der Waals surface area contributed by atoms with E-state index >= 15 is 0 Å². The van der Waals surface area contributed by atoms with Gasteiger partial charge in [0.15, 0.2) is 0 Å². The molecule has 8 heteroatoms. The van der Waals surface area contributed by atoms with Crippen LogP contribution in [0, 0.1) is 0 Å². The zero-order valence-electron chi connectivity index (χ0n) is 17.8. The van der Waals surface area contributed by atoms with Crippen LogP contribution in [0.15, 0.2) is 70.3 Å². The molecule has 1 heterocycles. The summed E-state index contributed by atoms with van der Waals surface area (Å²) >= 11 is 0. The van der Waals surface area contributed by atoms with Gasteiger partial charge in [-0.2, -0.15) is 0 Å². The van der Waals surface area contributed by atoms with Crippen molar-refractivity contribution in [3.8, 4) is 0 Å². The molecule has 0 fully saturated rings. The van der Waals surface area contributed by atoms with Gasteiger partial charge < -0.3 is 15.5 Å². The molecular weight excluding hydrogens is 396 g/mol. The Morgan fingerprint density at radius 1 is 0.968 bits per heavy atom. The van der Waals surface area contributed by atoms with E-state index in [9.17, 15) is 14.4 Å². The third-order valence-electron chi connectivity index (χ3n) is 4.29. The Labute approximate surface area is 179 Å². The van der Waals surface area contributed by atoms with E-state index in [0.29, 0.717) is 4.73 Å². The van der Waals surface area contributed by atoms with E-state index in [0.717, 1.165) is 11.1 Å². The third kappa shape index (κ3) is 5.85. The van der Waals surface area contributed by atoms with Gasteiger partial charge in [-0.25, -0.2) is 4.79 Å². The van der Waals surface area contributed by atoms with Gasteiger partial charge in [-0.05, 0) is 31.9 Å². The zero-order valence-corrected chi connectivity index (χ0v) is 17.8. The molecule has 0 unspecified atom stereocenters. The van der Waals surface area contributed by atoms with Crippen molar-refractivity contribution in [2.45, 2.75) is 39.5 Å². The van der Waals surface area contributed by atoms with Gasteiger partial charge in [0.25, 0.3) is 5.91 Å². The number of anilines is 1. The fourth-order valence-electron chi connectivity index (χ4n) is 2.90. The molecule has 2 aromatic carbocycles. The van der Waals surface area contributed by atoms with Crippen LogP contribution in [0.5, 0.6) is 0 Å². The third-order valence-corrected chi connectivity index (χ3v) is 4.29. The highest BCUT2D eigenvalue weighted by Gasteiger charge is 2.24. The fourth-order valence-corrected chi connectivity index (χ4v) is 2.90. The van der Waals surface area contributed by atoms with Crippen LogP contribution in [0.1, 0.15) is 42.3 Å². The minimum absolute atomic E-state index is 0.000940. The molecule has 0 aliphatic carbocycles. The summed E-state index contributed by atoms with van der Waals surface area (Å²) in [5.74, 6) is -0.568. The molecule has 3 aromatic rings. The number of hydrogen-bond donors (Lipinski definition) is 3. The summed E-state index contributed by atoms with van der Waals surface area (Å²) in [6.07, 6.45) is 0. The van der Waals surface area contributed by atoms with Gasteiger partial charge in [-0.15, -0.1) is 0 Å². The van der Waals surface area contributed by atoms with Gasteiger partial charge in [0.2, 0.25) is 0 Å². The van der Waals surface area contributed by atoms with E-state index < -0.39 is 22.7 Å². The maximum atomic E-state index is 13.1. The maximum absolute atomic E-state index is 13.1. The average molecular weight is 422 g/mol. The number of carbonyl (C=O) groups excluding carboxylic acids is 1. The lowest BCUT2D eigenvalue weighted by Gasteiger charge is -2.23. The Kier molecular flexibility index (Phi) is 6.59. The second-order valence-corrected chi connectivity index (χ2v) is 8.08. The summed E-state index contributed by atoms with van der Waals surface area (Å²) in [6, 6.07) is 18.4. The van der Waals surface area contributed by atoms with Gasteiger partial charge >= 0.3 is 11.2 Å². The van der Waals surface area contributed by atoms with Crippen LogP contribution in [0.2, 0.25) is 0 Å². The number of hydrogen-bond acceptors (Lipinski definition) is 5. The second-order valence-electron chi connectivity index (χ2n) is 8.08. The quantitative estimate of drug-likeness (QED) is 0.542. The van der Waals surface area contributed by atoms with Crippen molar-refractivity contribution in [3.05, 3.63) is 98.2 Å². The van der Waals surface area contributed by atoms with Crippen molar-refractivity contribution >= 4 is 11.7 Å². The van der Waals surface area contributed by atoms with E-state index in [1.807, 2.05) is 81.4 Å². The van der Waals surface area contributed by atoms with E-state index in [1.54, 1.807) is 0 Å². The molecule has 0 saturated heterocycles. The molecule has 0 aliphatic heterocycles. The van der Waals surface area contributed by atoms with E-state index in [1.165, 1.54) is 0 Å². The van der Waals surface area contributed by atoms with Crippen LogP contribution in [0.3, 0.4) is 0 Å². The Morgan fingerprint density at radius 3 is 2.13 bits per heavy atom. The van der Waals surface area contributed by atoms with Crippen LogP contribution in [0.25, 0.3) is 0 Å². The highest BCUT2D eigenvalue weighted by atomic mass is 16.7. The number of aromatic amines is 1. The number of nitrogens with zero attached hydrogens (tertiary/aromatic N) is 1. The van der Waals surface area contributed by atoms with Crippen molar-refractivity contribution in [2.24, 2.45) is 0 Å². The van der Waals surface area contributed by atoms with Gasteiger partial charge in [-0.3, -0.25) is 14.6 Å². The molecule has 3 N–H and O–H groups in total. The smallest absolute Gasteiger partial charge is 0.363 e. The second kappa shape index (κ2) is 9.34. The van der Waals surface area contributed by atoms with Crippen molar-refractivity contribution in [1.29, 1.82) is 0 Å². The summed E-state index contributed by atoms with van der Waals surface area (Å²) in [7, 11) is 0.